The molecule has 1 N–H and O–H groups in total. The van der Waals surface area contributed by atoms with Crippen LogP contribution in [0.3, 0.4) is 0 Å². The van der Waals surface area contributed by atoms with Gasteiger partial charge in [0.2, 0.25) is 0 Å². The van der Waals surface area contributed by atoms with Gasteiger partial charge >= 0.3 is 0 Å². The lowest BCUT2D eigenvalue weighted by molar-refractivity contribution is 0.102. The molecule has 0 atom stereocenters. The summed E-state index contributed by atoms with van der Waals surface area (Å²) in [5.41, 5.74) is 1.36. The molecule has 0 aliphatic rings. The molecule has 2 rings (SSSR count). The van der Waals surface area contributed by atoms with Gasteiger partial charge < -0.3 is 14.8 Å². The lowest BCUT2D eigenvalue weighted by Gasteiger charge is -2.09. The highest BCUT2D eigenvalue weighted by atomic mass is 16.5. The third kappa shape index (κ3) is 8.03. The SMILES string of the molecule is CCCCCCCOc1ccc(NC(=O)c2ccc(OCCCC)cc2)cc1. The van der Waals surface area contributed by atoms with Gasteiger partial charge in [-0.25, -0.2) is 0 Å². The van der Waals surface area contributed by atoms with Crippen molar-refractivity contribution in [2.45, 2.75) is 58.8 Å². The third-order valence-electron chi connectivity index (χ3n) is 4.51. The number of amides is 1. The average Bonchev–Trinajstić information content (AvgIpc) is 2.72. The normalized spacial score (nSPS) is 10.5. The first kappa shape index (κ1) is 21.8. The van der Waals surface area contributed by atoms with Gasteiger partial charge in [-0.3, -0.25) is 4.79 Å². The van der Waals surface area contributed by atoms with Crippen molar-refractivity contribution in [1.82, 2.24) is 0 Å². The number of rotatable bonds is 13. The summed E-state index contributed by atoms with van der Waals surface area (Å²) in [7, 11) is 0. The van der Waals surface area contributed by atoms with Gasteiger partial charge in [0.1, 0.15) is 11.5 Å². The minimum Gasteiger partial charge on any atom is -0.494 e. The zero-order valence-corrected chi connectivity index (χ0v) is 17.2. The Balaban J connectivity index is 1.75. The molecule has 4 heteroatoms. The Hall–Kier alpha value is -2.49. The molecule has 0 fully saturated rings. The van der Waals surface area contributed by atoms with E-state index >= 15 is 0 Å². The molecule has 28 heavy (non-hydrogen) atoms. The molecule has 4 nitrogen and oxygen atoms in total. The topological polar surface area (TPSA) is 47.6 Å². The third-order valence-corrected chi connectivity index (χ3v) is 4.51. The van der Waals surface area contributed by atoms with Crippen molar-refractivity contribution >= 4 is 11.6 Å². The number of hydrogen-bond acceptors (Lipinski definition) is 3. The van der Waals surface area contributed by atoms with Crippen LogP contribution in [0.15, 0.2) is 48.5 Å². The maximum absolute atomic E-state index is 12.4. The molecule has 0 radical (unpaired) electrons. The number of ether oxygens (including phenoxy) is 2. The second-order valence-corrected chi connectivity index (χ2v) is 6.97. The highest BCUT2D eigenvalue weighted by Gasteiger charge is 2.06. The van der Waals surface area contributed by atoms with Crippen LogP contribution in [0, 0.1) is 0 Å². The van der Waals surface area contributed by atoms with Gasteiger partial charge in [0.05, 0.1) is 13.2 Å². The molecule has 152 valence electrons. The molecular formula is C24H33NO3. The zero-order chi connectivity index (χ0) is 20.0. The van der Waals surface area contributed by atoms with E-state index in [1.54, 1.807) is 12.1 Å². The van der Waals surface area contributed by atoms with Crippen LogP contribution in [0.4, 0.5) is 5.69 Å². The first-order valence-corrected chi connectivity index (χ1v) is 10.5. The standard InChI is InChI=1S/C24H33NO3/c1-3-5-7-8-9-19-28-23-16-12-21(13-17-23)25-24(26)20-10-14-22(15-11-20)27-18-6-4-2/h10-17H,3-9,18-19H2,1-2H3,(H,25,26). The molecule has 0 saturated heterocycles. The van der Waals surface area contributed by atoms with Gasteiger partial charge in [-0.1, -0.05) is 46.0 Å². The summed E-state index contributed by atoms with van der Waals surface area (Å²) in [6.07, 6.45) is 8.25. The van der Waals surface area contributed by atoms with E-state index in [0.717, 1.165) is 43.1 Å². The predicted octanol–water partition coefficient (Wildman–Crippen LogP) is 6.47. The van der Waals surface area contributed by atoms with Crippen LogP contribution in [-0.2, 0) is 0 Å². The van der Waals surface area contributed by atoms with Crippen molar-refractivity contribution in [3.05, 3.63) is 54.1 Å². The molecule has 0 aliphatic carbocycles. The van der Waals surface area contributed by atoms with E-state index in [0.29, 0.717) is 12.2 Å². The van der Waals surface area contributed by atoms with E-state index in [2.05, 4.69) is 19.2 Å². The van der Waals surface area contributed by atoms with E-state index in [-0.39, 0.29) is 5.91 Å². The number of unbranched alkanes of at least 4 members (excludes halogenated alkanes) is 5. The Morgan fingerprint density at radius 1 is 0.714 bits per heavy atom. The van der Waals surface area contributed by atoms with Crippen molar-refractivity contribution in [3.63, 3.8) is 0 Å². The highest BCUT2D eigenvalue weighted by molar-refractivity contribution is 6.04. The molecule has 0 bridgehead atoms. The summed E-state index contributed by atoms with van der Waals surface area (Å²) in [4.78, 5) is 12.4. The summed E-state index contributed by atoms with van der Waals surface area (Å²) in [5.74, 6) is 1.49. The van der Waals surface area contributed by atoms with Crippen LogP contribution in [-0.4, -0.2) is 19.1 Å². The van der Waals surface area contributed by atoms with Gasteiger partial charge in [-0.2, -0.15) is 0 Å². The summed E-state index contributed by atoms with van der Waals surface area (Å²) >= 11 is 0. The molecule has 0 saturated carbocycles. The van der Waals surface area contributed by atoms with Crippen LogP contribution in [0.25, 0.3) is 0 Å². The molecule has 0 spiro atoms. The Morgan fingerprint density at radius 2 is 1.25 bits per heavy atom. The molecule has 0 heterocycles. The maximum atomic E-state index is 12.4. The molecule has 0 aromatic heterocycles. The number of carbonyl (C=O) groups is 1. The fourth-order valence-electron chi connectivity index (χ4n) is 2.77. The van der Waals surface area contributed by atoms with E-state index in [1.165, 1.54) is 25.7 Å². The molecular weight excluding hydrogens is 350 g/mol. The number of benzene rings is 2. The van der Waals surface area contributed by atoms with Gasteiger partial charge in [0.15, 0.2) is 0 Å². The van der Waals surface area contributed by atoms with Crippen molar-refractivity contribution < 1.29 is 14.3 Å². The number of nitrogens with one attached hydrogen (secondary N) is 1. The first-order chi connectivity index (χ1) is 13.7. The summed E-state index contributed by atoms with van der Waals surface area (Å²) < 4.78 is 11.4. The Labute approximate surface area is 169 Å². The van der Waals surface area contributed by atoms with Crippen LogP contribution in [0.5, 0.6) is 11.5 Å². The van der Waals surface area contributed by atoms with Gasteiger partial charge in [0, 0.05) is 11.3 Å². The van der Waals surface area contributed by atoms with E-state index < -0.39 is 0 Å². The second-order valence-electron chi connectivity index (χ2n) is 6.97. The second kappa shape index (κ2) is 12.8. The summed E-state index contributed by atoms with van der Waals surface area (Å²) in [6.45, 7) is 5.79. The maximum Gasteiger partial charge on any atom is 0.255 e. The first-order valence-electron chi connectivity index (χ1n) is 10.5. The Morgan fingerprint density at radius 3 is 1.86 bits per heavy atom. The van der Waals surface area contributed by atoms with E-state index in [4.69, 9.17) is 9.47 Å². The van der Waals surface area contributed by atoms with Gasteiger partial charge in [-0.05, 0) is 61.4 Å². The Bertz CT molecular complexity index is 680. The minimum absolute atomic E-state index is 0.135. The van der Waals surface area contributed by atoms with Crippen molar-refractivity contribution in [2.24, 2.45) is 0 Å². The number of carbonyl (C=O) groups excluding carboxylic acids is 1. The zero-order valence-electron chi connectivity index (χ0n) is 17.2. The fraction of sp³-hybridized carbons (Fsp3) is 0.458. The van der Waals surface area contributed by atoms with Crippen molar-refractivity contribution in [2.75, 3.05) is 18.5 Å². The van der Waals surface area contributed by atoms with E-state index in [9.17, 15) is 4.79 Å². The fourth-order valence-corrected chi connectivity index (χ4v) is 2.77. The lowest BCUT2D eigenvalue weighted by Crippen LogP contribution is -2.11. The molecule has 2 aromatic rings. The van der Waals surface area contributed by atoms with Crippen LogP contribution >= 0.6 is 0 Å². The smallest absolute Gasteiger partial charge is 0.255 e. The molecule has 0 unspecified atom stereocenters. The van der Waals surface area contributed by atoms with Crippen molar-refractivity contribution in [3.8, 4) is 11.5 Å². The molecule has 1 amide bonds. The largest absolute Gasteiger partial charge is 0.494 e. The Kier molecular flexibility index (Phi) is 9.98. The van der Waals surface area contributed by atoms with Gasteiger partial charge in [-0.15, -0.1) is 0 Å². The predicted molar refractivity (Wildman–Crippen MR) is 115 cm³/mol. The van der Waals surface area contributed by atoms with Crippen LogP contribution in [0.1, 0.15) is 69.2 Å². The number of hydrogen-bond donors (Lipinski definition) is 1. The van der Waals surface area contributed by atoms with Gasteiger partial charge in [0.25, 0.3) is 5.91 Å². The van der Waals surface area contributed by atoms with Crippen molar-refractivity contribution in [1.29, 1.82) is 0 Å². The van der Waals surface area contributed by atoms with Crippen LogP contribution in [0.2, 0.25) is 0 Å². The lowest BCUT2D eigenvalue weighted by atomic mass is 10.2. The summed E-state index contributed by atoms with van der Waals surface area (Å²) in [6, 6.07) is 14.8. The molecule has 2 aromatic carbocycles. The highest BCUT2D eigenvalue weighted by Crippen LogP contribution is 2.18. The monoisotopic (exact) mass is 383 g/mol. The number of anilines is 1. The minimum atomic E-state index is -0.135. The molecule has 0 aliphatic heterocycles. The van der Waals surface area contributed by atoms with Crippen LogP contribution < -0.4 is 14.8 Å². The quantitative estimate of drug-likeness (QED) is 0.403. The van der Waals surface area contributed by atoms with E-state index in [1.807, 2.05) is 36.4 Å². The average molecular weight is 384 g/mol. The summed E-state index contributed by atoms with van der Waals surface area (Å²) in [5, 5.41) is 2.91.